The average Bonchev–Trinajstić information content (AvgIpc) is 3.87. The summed E-state index contributed by atoms with van der Waals surface area (Å²) in [7, 11) is 0. The highest BCUT2D eigenvalue weighted by Gasteiger charge is 2.49. The van der Waals surface area contributed by atoms with Crippen molar-refractivity contribution in [2.45, 2.75) is 145 Å². The molecule has 0 unspecified atom stereocenters. The van der Waals surface area contributed by atoms with E-state index in [2.05, 4.69) is 26.3 Å². The number of nitrogens with zero attached hydrogens (tertiary/aromatic N) is 3. The van der Waals surface area contributed by atoms with Crippen molar-refractivity contribution < 1.29 is 33.2 Å². The third-order valence-electron chi connectivity index (χ3n) is 11.8. The van der Waals surface area contributed by atoms with Gasteiger partial charge in [0.05, 0.1) is 6.04 Å². The maximum Gasteiger partial charge on any atom is 0.246 e. The van der Waals surface area contributed by atoms with Crippen molar-refractivity contribution in [1.82, 2.24) is 31.1 Å². The van der Waals surface area contributed by atoms with E-state index < -0.39 is 65.2 Å². The number of amides is 6. The monoisotopic (exact) mass is 796 g/mol. The molecule has 3 heterocycles. The van der Waals surface area contributed by atoms with Crippen LogP contribution in [0.3, 0.4) is 0 Å². The topological polar surface area (TPSA) is 247 Å². The smallest absolute Gasteiger partial charge is 0.246 e. The number of benzene rings is 1. The predicted molar refractivity (Wildman–Crippen MR) is 211 cm³/mol. The van der Waals surface area contributed by atoms with Gasteiger partial charge in [0, 0.05) is 32.6 Å². The van der Waals surface area contributed by atoms with Crippen molar-refractivity contribution in [3.63, 3.8) is 0 Å². The zero-order valence-corrected chi connectivity index (χ0v) is 32.9. The zero-order valence-electron chi connectivity index (χ0n) is 32.9. The second kappa shape index (κ2) is 20.6. The van der Waals surface area contributed by atoms with E-state index in [1.807, 2.05) is 0 Å². The van der Waals surface area contributed by atoms with Crippen LogP contribution in [0, 0.1) is 5.82 Å². The number of guanidine groups is 1. The Morgan fingerprint density at radius 3 is 1.98 bits per heavy atom. The van der Waals surface area contributed by atoms with Crippen LogP contribution >= 0.6 is 0 Å². The number of hydrogen-bond acceptors (Lipinski definition) is 8. The molecular formula is C40H61FN10O6. The second-order valence-electron chi connectivity index (χ2n) is 16.0. The minimum Gasteiger partial charge on any atom is -0.370 e. The van der Waals surface area contributed by atoms with Gasteiger partial charge in [0.15, 0.2) is 5.96 Å². The zero-order chi connectivity index (χ0) is 41.0. The first-order chi connectivity index (χ1) is 27.4. The molecule has 17 heteroatoms. The number of hydrogen-bond donors (Lipinski definition) is 7. The maximum absolute atomic E-state index is 14.3. The number of carbonyl (C=O) groups is 6. The first kappa shape index (κ1) is 43.3. The van der Waals surface area contributed by atoms with E-state index in [9.17, 15) is 33.2 Å². The fourth-order valence-corrected chi connectivity index (χ4v) is 8.31. The molecule has 3 aliphatic heterocycles. The molecular weight excluding hydrogens is 736 g/mol. The minimum atomic E-state index is -1.31. The SMILES string of the molecule is NC(N)=NCCC[C@@H]1NC(=O)C2(CCC2)NC(=O)[C@@H]2CCCN2C(=O)[C@H](Cc2ccc(F)cc2)NC(=O)[C@@H](N)CCCCCCCCNC(=O)[C@@H]2CCCN2C1=O. The quantitative estimate of drug-likeness (QED) is 0.121. The maximum atomic E-state index is 14.3. The predicted octanol–water partition coefficient (Wildman–Crippen LogP) is 0.600. The summed E-state index contributed by atoms with van der Waals surface area (Å²) in [5.41, 5.74) is 16.6. The lowest BCUT2D eigenvalue weighted by Gasteiger charge is -2.43. The van der Waals surface area contributed by atoms with Gasteiger partial charge in [-0.15, -0.1) is 0 Å². The summed E-state index contributed by atoms with van der Waals surface area (Å²) in [6.45, 7) is 1.33. The Hall–Kier alpha value is -4.80. The summed E-state index contributed by atoms with van der Waals surface area (Å²) < 4.78 is 13.8. The van der Waals surface area contributed by atoms with Crippen molar-refractivity contribution in [2.75, 3.05) is 26.2 Å². The van der Waals surface area contributed by atoms with Crippen LogP contribution in [0.4, 0.5) is 4.39 Å². The van der Waals surface area contributed by atoms with Crippen LogP contribution in [0.2, 0.25) is 0 Å². The van der Waals surface area contributed by atoms with Gasteiger partial charge in [-0.3, -0.25) is 33.8 Å². The Bertz CT molecular complexity index is 1620. The van der Waals surface area contributed by atoms with Gasteiger partial charge in [0.1, 0.15) is 35.5 Å². The lowest BCUT2D eigenvalue weighted by molar-refractivity contribution is -0.146. The van der Waals surface area contributed by atoms with E-state index in [1.165, 1.54) is 17.0 Å². The molecule has 1 aromatic rings. The molecule has 0 radical (unpaired) electrons. The van der Waals surface area contributed by atoms with E-state index in [4.69, 9.17) is 17.2 Å². The Kier molecular flexibility index (Phi) is 15.6. The largest absolute Gasteiger partial charge is 0.370 e. The van der Waals surface area contributed by atoms with Crippen molar-refractivity contribution in [3.05, 3.63) is 35.6 Å². The van der Waals surface area contributed by atoms with Gasteiger partial charge >= 0.3 is 0 Å². The molecule has 3 saturated heterocycles. The molecule has 1 aromatic carbocycles. The van der Waals surface area contributed by atoms with Crippen LogP contribution < -0.4 is 38.5 Å². The summed E-state index contributed by atoms with van der Waals surface area (Å²) in [6.07, 6.45) is 9.50. The molecule has 4 fully saturated rings. The highest BCUT2D eigenvalue weighted by Crippen LogP contribution is 2.34. The number of halogens is 1. The van der Waals surface area contributed by atoms with Crippen molar-refractivity contribution in [1.29, 1.82) is 0 Å². The Morgan fingerprint density at radius 1 is 0.737 bits per heavy atom. The molecule has 10 N–H and O–H groups in total. The van der Waals surface area contributed by atoms with Crippen LogP contribution in [-0.2, 0) is 35.2 Å². The second-order valence-corrected chi connectivity index (χ2v) is 16.0. The third-order valence-corrected chi connectivity index (χ3v) is 11.8. The fraction of sp³-hybridized carbons (Fsp3) is 0.675. The summed E-state index contributed by atoms with van der Waals surface area (Å²) in [5.74, 6) is -3.11. The lowest BCUT2D eigenvalue weighted by atomic mass is 9.75. The third kappa shape index (κ3) is 11.6. The molecule has 0 bridgehead atoms. The molecule has 314 valence electrons. The van der Waals surface area contributed by atoms with E-state index in [0.29, 0.717) is 82.9 Å². The summed E-state index contributed by atoms with van der Waals surface area (Å²) in [5, 5.41) is 11.7. The molecule has 1 spiro atoms. The highest BCUT2D eigenvalue weighted by molar-refractivity contribution is 5.99. The lowest BCUT2D eigenvalue weighted by Crippen LogP contribution is -2.67. The molecule has 1 saturated carbocycles. The average molecular weight is 797 g/mol. The van der Waals surface area contributed by atoms with E-state index >= 15 is 0 Å². The van der Waals surface area contributed by atoms with Gasteiger partial charge < -0.3 is 48.3 Å². The van der Waals surface area contributed by atoms with Crippen molar-refractivity contribution in [2.24, 2.45) is 22.2 Å². The van der Waals surface area contributed by atoms with E-state index in [1.54, 1.807) is 17.0 Å². The van der Waals surface area contributed by atoms with E-state index in [0.717, 1.165) is 32.1 Å². The molecule has 0 aromatic heterocycles. The molecule has 16 nitrogen and oxygen atoms in total. The molecule has 5 rings (SSSR count). The highest BCUT2D eigenvalue weighted by atomic mass is 19.1. The summed E-state index contributed by atoms with van der Waals surface area (Å²) >= 11 is 0. The number of aliphatic imine (C=N–C) groups is 1. The van der Waals surface area contributed by atoms with Gasteiger partial charge in [-0.2, -0.15) is 0 Å². The molecule has 4 aliphatic rings. The first-order valence-corrected chi connectivity index (χ1v) is 20.8. The molecule has 5 atom stereocenters. The van der Waals surface area contributed by atoms with Crippen LogP contribution in [0.25, 0.3) is 0 Å². The number of nitrogens with two attached hydrogens (primary N) is 3. The van der Waals surface area contributed by atoms with Crippen LogP contribution in [-0.4, -0.2) is 113 Å². The van der Waals surface area contributed by atoms with Crippen LogP contribution in [0.1, 0.15) is 108 Å². The number of rotatable bonds is 6. The summed E-state index contributed by atoms with van der Waals surface area (Å²) in [4.78, 5) is 90.4. The van der Waals surface area contributed by atoms with E-state index in [-0.39, 0.29) is 43.7 Å². The molecule has 6 amide bonds. The summed E-state index contributed by atoms with van der Waals surface area (Å²) in [6, 6.07) is 1.17. The number of carbonyl (C=O) groups excluding carboxylic acids is 6. The van der Waals surface area contributed by atoms with Crippen LogP contribution in [0.5, 0.6) is 0 Å². The van der Waals surface area contributed by atoms with Gasteiger partial charge in [-0.25, -0.2) is 4.39 Å². The fourth-order valence-electron chi connectivity index (χ4n) is 8.31. The Morgan fingerprint density at radius 2 is 1.35 bits per heavy atom. The number of nitrogens with one attached hydrogen (secondary N) is 4. The van der Waals surface area contributed by atoms with Crippen molar-refractivity contribution >= 4 is 41.4 Å². The van der Waals surface area contributed by atoms with Crippen LogP contribution in [0.15, 0.2) is 29.3 Å². The minimum absolute atomic E-state index is 0.0612. The van der Waals surface area contributed by atoms with Gasteiger partial charge in [-0.1, -0.05) is 44.2 Å². The van der Waals surface area contributed by atoms with Gasteiger partial charge in [0.2, 0.25) is 35.4 Å². The molecule has 57 heavy (non-hydrogen) atoms. The van der Waals surface area contributed by atoms with Crippen molar-refractivity contribution in [3.8, 4) is 0 Å². The Labute approximate surface area is 334 Å². The van der Waals surface area contributed by atoms with Gasteiger partial charge in [0.25, 0.3) is 0 Å². The molecule has 1 aliphatic carbocycles. The first-order valence-electron chi connectivity index (χ1n) is 20.8. The standard InChI is InChI=1S/C40H61FN10O6/c41-27-17-15-26(16-18-27)25-30-37(56)51-24-9-14-32(51)35(54)49-40(19-10-20-40)38(57)48-29(12-7-22-46-39(43)44)36(55)50-23-8-13-31(50)34(53)45-21-6-4-2-1-3-5-11-28(42)33(52)47-30/h15-18,28-32H,1-14,19-25,42H2,(H,45,53)(H,47,52)(H,48,57)(H,49,54)(H4,43,44,46)/t28-,29-,30-,31-,32-/m0/s1. The normalized spacial score (nSPS) is 27.4. The number of fused-ring (bicyclic) bond motifs is 2. The van der Waals surface area contributed by atoms with Gasteiger partial charge in [-0.05, 0) is 88.3 Å². The Balaban J connectivity index is 1.38.